The summed E-state index contributed by atoms with van der Waals surface area (Å²) >= 11 is 0. The lowest BCUT2D eigenvalue weighted by Crippen LogP contribution is -2.33. The summed E-state index contributed by atoms with van der Waals surface area (Å²) in [6.45, 7) is 5.81. The Balaban J connectivity index is 1.85. The van der Waals surface area contributed by atoms with E-state index in [1.54, 1.807) is 5.56 Å². The van der Waals surface area contributed by atoms with Crippen LogP contribution in [0, 0.1) is 0 Å². The molecule has 240 valence electrons. The molecule has 1 aromatic rings. The summed E-state index contributed by atoms with van der Waals surface area (Å²) in [7, 11) is 0. The molecule has 0 saturated carbocycles. The van der Waals surface area contributed by atoms with E-state index in [1.165, 1.54) is 212 Å². The van der Waals surface area contributed by atoms with Crippen molar-refractivity contribution in [3.05, 3.63) is 30.1 Å². The van der Waals surface area contributed by atoms with Gasteiger partial charge in [-0.2, -0.15) is 0 Å². The Morgan fingerprint density at radius 3 is 1.07 bits per heavy atom. The molecule has 1 aromatic heterocycles. The molecule has 0 saturated heterocycles. The van der Waals surface area contributed by atoms with Crippen molar-refractivity contribution in [1.82, 2.24) is 0 Å². The van der Waals surface area contributed by atoms with Gasteiger partial charge in [0, 0.05) is 18.1 Å². The Labute approximate surface area is 260 Å². The maximum Gasteiger partial charge on any atom is 0.171 e. The molecule has 0 aliphatic rings. The van der Waals surface area contributed by atoms with Gasteiger partial charge in [-0.3, -0.25) is 0 Å². The molecule has 0 aliphatic heterocycles. The first-order valence-corrected chi connectivity index (χ1v) is 19.3. The molecule has 0 spiro atoms. The summed E-state index contributed by atoms with van der Waals surface area (Å²) < 4.78 is 2.45. The third-order valence-electron chi connectivity index (χ3n) is 9.26. The number of aromatic nitrogens is 1. The predicted molar refractivity (Wildman–Crippen MR) is 185 cm³/mol. The lowest BCUT2D eigenvalue weighted by atomic mass is 10.0. The van der Waals surface area contributed by atoms with Gasteiger partial charge in [-0.1, -0.05) is 194 Å². The van der Waals surface area contributed by atoms with Crippen LogP contribution >= 0.6 is 0 Å². The molecule has 1 heterocycles. The van der Waals surface area contributed by atoms with Crippen molar-refractivity contribution in [2.24, 2.45) is 0 Å². The first kappa shape index (κ1) is 38.2. The van der Waals surface area contributed by atoms with E-state index in [1.807, 2.05) is 0 Å². The summed E-state index contributed by atoms with van der Waals surface area (Å²) in [6, 6.07) is 4.61. The second-order valence-corrected chi connectivity index (χ2v) is 13.5. The average Bonchev–Trinajstić information content (AvgIpc) is 2.99. The second kappa shape index (κ2) is 32.1. The van der Waals surface area contributed by atoms with Crippen LogP contribution in [0.5, 0.6) is 0 Å². The van der Waals surface area contributed by atoms with E-state index in [-0.39, 0.29) is 0 Å². The van der Waals surface area contributed by atoms with Crippen molar-refractivity contribution in [3.8, 4) is 0 Å². The van der Waals surface area contributed by atoms with E-state index >= 15 is 0 Å². The normalized spacial score (nSPS) is 11.5. The maximum absolute atomic E-state index is 2.45. The predicted octanol–water partition coefficient (Wildman–Crippen LogP) is 13.6. The quantitative estimate of drug-likeness (QED) is 0.0584. The van der Waals surface area contributed by atoms with Gasteiger partial charge in [0.05, 0.1) is 0 Å². The number of hydrogen-bond acceptors (Lipinski definition) is 0. The summed E-state index contributed by atoms with van der Waals surface area (Å²) in [4.78, 5) is 0. The van der Waals surface area contributed by atoms with Crippen molar-refractivity contribution < 1.29 is 4.57 Å². The molecule has 41 heavy (non-hydrogen) atoms. The molecular formula is C40H76N+. The zero-order valence-corrected chi connectivity index (χ0v) is 28.6. The molecule has 1 nitrogen and oxygen atoms in total. The highest BCUT2D eigenvalue weighted by Gasteiger charge is 2.03. The third-order valence-corrected chi connectivity index (χ3v) is 9.26. The minimum Gasteiger partial charge on any atom is -0.205 e. The first-order valence-electron chi connectivity index (χ1n) is 19.3. The number of pyridine rings is 1. The van der Waals surface area contributed by atoms with Gasteiger partial charge in [-0.15, -0.1) is 0 Å². The fourth-order valence-corrected chi connectivity index (χ4v) is 6.41. The minimum absolute atomic E-state index is 1.20. The van der Waals surface area contributed by atoms with Crippen molar-refractivity contribution in [3.63, 3.8) is 0 Å². The molecule has 0 bridgehead atoms. The average molecular weight is 571 g/mol. The first-order chi connectivity index (χ1) is 20.4. The van der Waals surface area contributed by atoms with Crippen LogP contribution < -0.4 is 4.57 Å². The zero-order chi connectivity index (χ0) is 29.3. The van der Waals surface area contributed by atoms with Crippen molar-refractivity contribution >= 4 is 0 Å². The summed E-state index contributed by atoms with van der Waals surface area (Å²) in [5.41, 5.74) is 1.54. The van der Waals surface area contributed by atoms with Crippen LogP contribution in [0.4, 0.5) is 0 Å². The Kier molecular flexibility index (Phi) is 29.9. The number of nitrogens with zero attached hydrogens (tertiary/aromatic N) is 1. The Bertz CT molecular complexity index is 623. The topological polar surface area (TPSA) is 3.88 Å². The van der Waals surface area contributed by atoms with Gasteiger partial charge in [-0.25, -0.2) is 4.57 Å². The van der Waals surface area contributed by atoms with Crippen LogP contribution in [0.25, 0.3) is 0 Å². The largest absolute Gasteiger partial charge is 0.205 e. The smallest absolute Gasteiger partial charge is 0.171 e. The number of rotatable bonds is 33. The molecule has 0 fully saturated rings. The van der Waals surface area contributed by atoms with Gasteiger partial charge in [0.15, 0.2) is 12.4 Å². The monoisotopic (exact) mass is 571 g/mol. The molecular weight excluding hydrogens is 494 g/mol. The van der Waals surface area contributed by atoms with Crippen molar-refractivity contribution in [2.75, 3.05) is 0 Å². The number of aryl methyl sites for hydroxylation is 2. The van der Waals surface area contributed by atoms with E-state index < -0.39 is 0 Å². The number of unbranched alkanes of at least 4 members (excludes halogenated alkanes) is 29. The number of hydrogen-bond donors (Lipinski definition) is 0. The molecule has 0 radical (unpaired) electrons. The van der Waals surface area contributed by atoms with Crippen molar-refractivity contribution in [2.45, 2.75) is 226 Å². The Morgan fingerprint density at radius 1 is 0.390 bits per heavy atom. The zero-order valence-electron chi connectivity index (χ0n) is 28.6. The molecule has 1 rings (SSSR count). The summed E-state index contributed by atoms with van der Waals surface area (Å²) in [6.07, 6.45) is 50.8. The van der Waals surface area contributed by atoms with Crippen molar-refractivity contribution in [1.29, 1.82) is 0 Å². The fraction of sp³-hybridized carbons (Fsp3) is 0.875. The van der Waals surface area contributed by atoms with Gasteiger partial charge < -0.3 is 0 Å². The van der Waals surface area contributed by atoms with Crippen LogP contribution in [-0.2, 0) is 13.0 Å². The summed E-state index contributed by atoms with van der Waals surface area (Å²) in [5.74, 6) is 0. The molecule has 0 aliphatic carbocycles. The van der Waals surface area contributed by atoms with Gasteiger partial charge in [0.25, 0.3) is 0 Å². The molecule has 0 N–H and O–H groups in total. The fourth-order valence-electron chi connectivity index (χ4n) is 6.41. The maximum atomic E-state index is 2.45. The highest BCUT2D eigenvalue weighted by molar-refractivity contribution is 5.05. The minimum atomic E-state index is 1.20. The van der Waals surface area contributed by atoms with E-state index in [9.17, 15) is 0 Å². The molecule has 0 amide bonds. The SMILES string of the molecule is CCCCCCCCCCCCCCCCCC[n+]1cccc(CCCCCCCCCCCCCCCCC)c1. The standard InChI is InChI=1S/C40H76N/c1-3-5-7-9-11-13-15-17-19-21-23-25-27-29-31-33-37-41-38-34-36-40(39-41)35-32-30-28-26-24-22-20-18-16-14-12-10-8-6-4-2/h34,36,38-39H,3-33,35,37H2,1-2H3/q+1. The molecule has 0 aromatic carbocycles. The van der Waals surface area contributed by atoms with Crippen LogP contribution in [0.3, 0.4) is 0 Å². The van der Waals surface area contributed by atoms with E-state index in [4.69, 9.17) is 0 Å². The highest BCUT2D eigenvalue weighted by Crippen LogP contribution is 2.15. The molecule has 0 unspecified atom stereocenters. The summed E-state index contributed by atoms with van der Waals surface area (Å²) in [5, 5.41) is 0. The lowest BCUT2D eigenvalue weighted by molar-refractivity contribution is -0.697. The van der Waals surface area contributed by atoms with E-state index in [0.717, 1.165) is 0 Å². The van der Waals surface area contributed by atoms with E-state index in [2.05, 4.69) is 42.9 Å². The van der Waals surface area contributed by atoms with Gasteiger partial charge in [0.1, 0.15) is 6.54 Å². The van der Waals surface area contributed by atoms with Crippen LogP contribution in [0.15, 0.2) is 24.5 Å². The molecule has 0 atom stereocenters. The Hall–Kier alpha value is -0.850. The second-order valence-electron chi connectivity index (χ2n) is 13.5. The Morgan fingerprint density at radius 2 is 0.707 bits per heavy atom. The molecule has 1 heteroatoms. The van der Waals surface area contributed by atoms with Crippen LogP contribution in [-0.4, -0.2) is 0 Å². The highest BCUT2D eigenvalue weighted by atomic mass is 14.9. The van der Waals surface area contributed by atoms with Gasteiger partial charge >= 0.3 is 0 Å². The van der Waals surface area contributed by atoms with Gasteiger partial charge in [0.2, 0.25) is 0 Å². The lowest BCUT2D eigenvalue weighted by Gasteiger charge is -2.04. The van der Waals surface area contributed by atoms with Gasteiger partial charge in [-0.05, 0) is 25.3 Å². The van der Waals surface area contributed by atoms with Crippen LogP contribution in [0.1, 0.15) is 218 Å². The third kappa shape index (κ3) is 27.7. The van der Waals surface area contributed by atoms with Crippen LogP contribution in [0.2, 0.25) is 0 Å². The van der Waals surface area contributed by atoms with E-state index in [0.29, 0.717) is 0 Å².